The summed E-state index contributed by atoms with van der Waals surface area (Å²) in [5.41, 5.74) is 1.33. The van der Waals surface area contributed by atoms with E-state index in [1.807, 2.05) is 11.7 Å². The van der Waals surface area contributed by atoms with E-state index in [0.717, 1.165) is 32.4 Å². The summed E-state index contributed by atoms with van der Waals surface area (Å²) in [4.78, 5) is 7.69. The van der Waals surface area contributed by atoms with E-state index in [4.69, 9.17) is 0 Å². The molecular weight excluding hydrogens is 220 g/mol. The second-order valence-electron chi connectivity index (χ2n) is 5.00. The van der Waals surface area contributed by atoms with Gasteiger partial charge in [-0.05, 0) is 26.7 Å². The highest BCUT2D eigenvalue weighted by molar-refractivity contribution is 7.09. The average Bonchev–Trinajstić information content (AvgIpc) is 2.70. The van der Waals surface area contributed by atoms with E-state index in [0.29, 0.717) is 6.04 Å². The lowest BCUT2D eigenvalue weighted by atomic mass is 9.87. The summed E-state index contributed by atoms with van der Waals surface area (Å²) in [6, 6.07) is 0.591. The molecule has 2 heterocycles. The third-order valence-electron chi connectivity index (χ3n) is 3.45. The van der Waals surface area contributed by atoms with E-state index < -0.39 is 5.60 Å². The lowest BCUT2D eigenvalue weighted by Crippen LogP contribution is -2.47. The van der Waals surface area contributed by atoms with Crippen LogP contribution in [0.1, 0.15) is 31.6 Å². The van der Waals surface area contributed by atoms with Crippen molar-refractivity contribution in [3.05, 3.63) is 16.6 Å². The molecule has 0 saturated carbocycles. The Morgan fingerprint density at radius 3 is 2.69 bits per heavy atom. The van der Waals surface area contributed by atoms with Crippen LogP contribution in [-0.2, 0) is 6.42 Å². The molecule has 0 amide bonds. The van der Waals surface area contributed by atoms with Crippen molar-refractivity contribution in [1.82, 2.24) is 9.88 Å². The molecule has 90 valence electrons. The van der Waals surface area contributed by atoms with Gasteiger partial charge in [-0.2, -0.15) is 0 Å². The summed E-state index contributed by atoms with van der Waals surface area (Å²) in [6.45, 7) is 6.45. The van der Waals surface area contributed by atoms with Gasteiger partial charge in [-0.15, -0.1) is 11.3 Å². The van der Waals surface area contributed by atoms with Gasteiger partial charge in [-0.3, -0.25) is 4.98 Å². The third kappa shape index (κ3) is 2.81. The summed E-state index contributed by atoms with van der Waals surface area (Å²) >= 11 is 1.64. The molecule has 3 nitrogen and oxygen atoms in total. The first-order valence-corrected chi connectivity index (χ1v) is 6.81. The predicted octanol–water partition coefficient (Wildman–Crippen LogP) is 1.92. The Hall–Kier alpha value is -0.450. The number of nitrogens with zero attached hydrogens (tertiary/aromatic N) is 2. The highest BCUT2D eigenvalue weighted by Gasteiger charge is 2.33. The highest BCUT2D eigenvalue weighted by atomic mass is 32.1. The second kappa shape index (κ2) is 4.82. The first-order valence-electron chi connectivity index (χ1n) is 5.93. The monoisotopic (exact) mass is 240 g/mol. The smallest absolute Gasteiger partial charge is 0.0794 e. The zero-order chi connectivity index (χ0) is 11.6. The Morgan fingerprint density at radius 2 is 2.19 bits per heavy atom. The van der Waals surface area contributed by atoms with Gasteiger partial charge in [0.1, 0.15) is 0 Å². The van der Waals surface area contributed by atoms with Gasteiger partial charge < -0.3 is 10.0 Å². The number of aromatic nitrogens is 1. The first-order chi connectivity index (χ1) is 7.59. The van der Waals surface area contributed by atoms with Crippen molar-refractivity contribution in [1.29, 1.82) is 0 Å². The molecule has 0 bridgehead atoms. The van der Waals surface area contributed by atoms with Crippen LogP contribution in [0.25, 0.3) is 0 Å². The molecule has 1 aromatic rings. The largest absolute Gasteiger partial charge is 0.389 e. The maximum absolute atomic E-state index is 10.5. The van der Waals surface area contributed by atoms with Crippen molar-refractivity contribution in [3.8, 4) is 0 Å². The van der Waals surface area contributed by atoms with Crippen LogP contribution in [0.2, 0.25) is 0 Å². The molecule has 1 saturated heterocycles. The highest BCUT2D eigenvalue weighted by Crippen LogP contribution is 2.28. The zero-order valence-electron chi connectivity index (χ0n) is 10.0. The fourth-order valence-electron chi connectivity index (χ4n) is 2.29. The number of likely N-dealkylation sites (tertiary alicyclic amines) is 1. The number of hydrogen-bond acceptors (Lipinski definition) is 4. The lowest BCUT2D eigenvalue weighted by Gasteiger charge is -2.39. The molecule has 0 unspecified atom stereocenters. The SMILES string of the molecule is CC(C)N1CCC(O)(Cc2cncs2)CC1. The number of piperidine rings is 1. The molecule has 1 aliphatic heterocycles. The minimum atomic E-state index is -0.502. The van der Waals surface area contributed by atoms with Crippen LogP contribution in [0.4, 0.5) is 0 Å². The standard InChI is InChI=1S/C12H20N2OS/c1-10(2)14-5-3-12(15,4-6-14)7-11-8-13-9-16-11/h8-10,15H,3-7H2,1-2H3. The maximum Gasteiger partial charge on any atom is 0.0794 e. The number of rotatable bonds is 3. The van der Waals surface area contributed by atoms with Crippen molar-refractivity contribution in [2.75, 3.05) is 13.1 Å². The molecule has 1 aromatic heterocycles. The van der Waals surface area contributed by atoms with Crippen LogP contribution in [0.5, 0.6) is 0 Å². The molecule has 2 rings (SSSR count). The second-order valence-corrected chi connectivity index (χ2v) is 5.97. The van der Waals surface area contributed by atoms with Gasteiger partial charge >= 0.3 is 0 Å². The maximum atomic E-state index is 10.5. The summed E-state index contributed by atoms with van der Waals surface area (Å²) in [5.74, 6) is 0. The Labute approximate surface area is 101 Å². The molecule has 1 fully saturated rings. The molecule has 0 spiro atoms. The fourth-order valence-corrected chi connectivity index (χ4v) is 3.02. The molecule has 4 heteroatoms. The zero-order valence-corrected chi connectivity index (χ0v) is 10.8. The molecule has 0 atom stereocenters. The van der Waals surface area contributed by atoms with Gasteiger partial charge in [0.25, 0.3) is 0 Å². The Bertz CT molecular complexity index is 316. The van der Waals surface area contributed by atoms with E-state index in [1.165, 1.54) is 4.88 Å². The molecule has 16 heavy (non-hydrogen) atoms. The van der Waals surface area contributed by atoms with Crippen molar-refractivity contribution >= 4 is 11.3 Å². The van der Waals surface area contributed by atoms with Gasteiger partial charge in [0, 0.05) is 36.6 Å². The van der Waals surface area contributed by atoms with E-state index in [2.05, 4.69) is 23.7 Å². The molecule has 0 aromatic carbocycles. The summed E-state index contributed by atoms with van der Waals surface area (Å²) in [7, 11) is 0. The minimum Gasteiger partial charge on any atom is -0.389 e. The van der Waals surface area contributed by atoms with Crippen LogP contribution in [0.3, 0.4) is 0 Å². The Kier molecular flexibility index (Phi) is 3.62. The van der Waals surface area contributed by atoms with Crippen molar-refractivity contribution in [2.24, 2.45) is 0 Å². The Balaban J connectivity index is 1.91. The number of thiazole rings is 1. The van der Waals surface area contributed by atoms with E-state index >= 15 is 0 Å². The average molecular weight is 240 g/mol. The van der Waals surface area contributed by atoms with E-state index in [9.17, 15) is 5.11 Å². The Morgan fingerprint density at radius 1 is 1.50 bits per heavy atom. The van der Waals surface area contributed by atoms with E-state index in [-0.39, 0.29) is 0 Å². The van der Waals surface area contributed by atoms with Gasteiger partial charge in [0.05, 0.1) is 11.1 Å². The first kappa shape index (κ1) is 12.0. The topological polar surface area (TPSA) is 36.4 Å². The van der Waals surface area contributed by atoms with Crippen LogP contribution < -0.4 is 0 Å². The van der Waals surface area contributed by atoms with E-state index in [1.54, 1.807) is 11.3 Å². The quantitative estimate of drug-likeness (QED) is 0.877. The number of aliphatic hydroxyl groups is 1. The van der Waals surface area contributed by atoms with Crippen LogP contribution in [0.15, 0.2) is 11.7 Å². The van der Waals surface area contributed by atoms with Crippen LogP contribution in [0, 0.1) is 0 Å². The third-order valence-corrected chi connectivity index (χ3v) is 4.23. The van der Waals surface area contributed by atoms with Gasteiger partial charge in [0.2, 0.25) is 0 Å². The van der Waals surface area contributed by atoms with Crippen LogP contribution in [-0.4, -0.2) is 39.7 Å². The normalized spacial score (nSPS) is 21.5. The molecule has 0 aliphatic carbocycles. The molecule has 1 N–H and O–H groups in total. The molecule has 1 aliphatic rings. The molecule has 0 radical (unpaired) electrons. The minimum absolute atomic E-state index is 0.502. The predicted molar refractivity (Wildman–Crippen MR) is 66.7 cm³/mol. The van der Waals surface area contributed by atoms with Crippen molar-refractivity contribution in [2.45, 2.75) is 44.8 Å². The van der Waals surface area contributed by atoms with Gasteiger partial charge in [0.15, 0.2) is 0 Å². The summed E-state index contributed by atoms with van der Waals surface area (Å²) in [6.07, 6.45) is 4.40. The summed E-state index contributed by atoms with van der Waals surface area (Å²) < 4.78 is 0. The van der Waals surface area contributed by atoms with Crippen molar-refractivity contribution in [3.63, 3.8) is 0 Å². The van der Waals surface area contributed by atoms with Gasteiger partial charge in [-0.1, -0.05) is 0 Å². The fraction of sp³-hybridized carbons (Fsp3) is 0.750. The van der Waals surface area contributed by atoms with Crippen molar-refractivity contribution < 1.29 is 5.11 Å². The van der Waals surface area contributed by atoms with Crippen LogP contribution >= 0.6 is 11.3 Å². The van der Waals surface area contributed by atoms with Gasteiger partial charge in [-0.25, -0.2) is 0 Å². The number of hydrogen-bond donors (Lipinski definition) is 1. The lowest BCUT2D eigenvalue weighted by molar-refractivity contribution is -0.0266. The molecular formula is C12H20N2OS. The summed E-state index contributed by atoms with van der Waals surface area (Å²) in [5, 5.41) is 10.5.